The van der Waals surface area contributed by atoms with Crippen molar-refractivity contribution in [3.63, 3.8) is 0 Å². The summed E-state index contributed by atoms with van der Waals surface area (Å²) in [6, 6.07) is 3.66. The van der Waals surface area contributed by atoms with E-state index in [2.05, 4.69) is 4.98 Å². The van der Waals surface area contributed by atoms with Crippen molar-refractivity contribution in [3.05, 3.63) is 30.1 Å². The molecule has 0 fully saturated rings. The molecule has 64 valence electrons. The zero-order valence-corrected chi connectivity index (χ0v) is 8.43. The van der Waals surface area contributed by atoms with Gasteiger partial charge in [-0.3, -0.25) is 9.78 Å². The molecule has 0 radical (unpaired) electrons. The Kier molecular flexibility index (Phi) is 3.46. The minimum absolute atomic E-state index is 0.356. The fraction of sp³-hybridized carbons (Fsp3) is 0.250. The highest BCUT2D eigenvalue weighted by Crippen LogP contribution is 2.09. The molecule has 0 aliphatic carbocycles. The highest BCUT2D eigenvalue weighted by atomic mass is 127. The van der Waals surface area contributed by atoms with Crippen LogP contribution >= 0.6 is 22.6 Å². The molecule has 0 saturated heterocycles. The average Bonchev–Trinajstić information content (AvgIpc) is 2.06. The van der Waals surface area contributed by atoms with Crippen molar-refractivity contribution in [2.75, 3.05) is 0 Å². The Morgan fingerprint density at radius 3 is 2.67 bits per heavy atom. The van der Waals surface area contributed by atoms with E-state index in [9.17, 15) is 4.79 Å². The summed E-state index contributed by atoms with van der Waals surface area (Å²) in [4.78, 5) is 14.3. The Morgan fingerprint density at radius 2 is 2.17 bits per heavy atom. The number of aliphatic carboxylic acids is 1. The summed E-state index contributed by atoms with van der Waals surface area (Å²) in [5.74, 6) is -0.771. The van der Waals surface area contributed by atoms with Crippen LogP contribution in [-0.2, 0) is 11.2 Å². The van der Waals surface area contributed by atoms with E-state index in [1.54, 1.807) is 12.4 Å². The van der Waals surface area contributed by atoms with Crippen LogP contribution in [0.5, 0.6) is 0 Å². The summed E-state index contributed by atoms with van der Waals surface area (Å²) in [7, 11) is 0. The number of halogens is 1. The molecule has 0 spiro atoms. The third kappa shape index (κ3) is 2.77. The zero-order chi connectivity index (χ0) is 8.97. The van der Waals surface area contributed by atoms with E-state index in [-0.39, 0.29) is 3.92 Å². The number of carbonyl (C=O) groups is 1. The number of nitrogens with zero attached hydrogens (tertiary/aromatic N) is 1. The third-order valence-electron chi connectivity index (χ3n) is 1.43. The molecule has 0 amide bonds. The van der Waals surface area contributed by atoms with Gasteiger partial charge < -0.3 is 5.11 Å². The first-order valence-electron chi connectivity index (χ1n) is 3.46. The lowest BCUT2D eigenvalue weighted by molar-refractivity contribution is -0.135. The minimum Gasteiger partial charge on any atom is -0.480 e. The van der Waals surface area contributed by atoms with Crippen LogP contribution in [0.25, 0.3) is 0 Å². The highest BCUT2D eigenvalue weighted by molar-refractivity contribution is 14.1. The topological polar surface area (TPSA) is 50.2 Å². The number of carboxylic acids is 1. The van der Waals surface area contributed by atoms with E-state index >= 15 is 0 Å². The van der Waals surface area contributed by atoms with Crippen LogP contribution < -0.4 is 0 Å². The van der Waals surface area contributed by atoms with Gasteiger partial charge >= 0.3 is 5.97 Å². The molecule has 1 unspecified atom stereocenters. The van der Waals surface area contributed by atoms with E-state index in [0.717, 1.165) is 5.56 Å². The molecule has 0 aliphatic rings. The van der Waals surface area contributed by atoms with Crippen LogP contribution in [0.2, 0.25) is 0 Å². The average molecular weight is 277 g/mol. The summed E-state index contributed by atoms with van der Waals surface area (Å²) in [5.41, 5.74) is 1.01. The Bertz CT molecular complexity index is 263. The monoisotopic (exact) mass is 277 g/mol. The van der Waals surface area contributed by atoms with Crippen molar-refractivity contribution in [1.82, 2.24) is 4.98 Å². The predicted molar refractivity (Wildman–Crippen MR) is 53.4 cm³/mol. The van der Waals surface area contributed by atoms with Gasteiger partial charge in [-0.15, -0.1) is 0 Å². The van der Waals surface area contributed by atoms with Gasteiger partial charge in [-0.25, -0.2) is 0 Å². The molecule has 4 heteroatoms. The SMILES string of the molecule is O=C(O)C(I)Cc1ccncc1. The second-order valence-electron chi connectivity index (χ2n) is 2.37. The molecule has 3 nitrogen and oxygen atoms in total. The van der Waals surface area contributed by atoms with Crippen LogP contribution in [0, 0.1) is 0 Å². The molecule has 1 rings (SSSR count). The molecule has 1 atom stereocenters. The summed E-state index contributed by atoms with van der Waals surface area (Å²) < 4.78 is -0.356. The molecule has 1 heterocycles. The summed E-state index contributed by atoms with van der Waals surface area (Å²) in [6.45, 7) is 0. The van der Waals surface area contributed by atoms with Gasteiger partial charge in [0.15, 0.2) is 0 Å². The molecule has 12 heavy (non-hydrogen) atoms. The second-order valence-corrected chi connectivity index (χ2v) is 3.87. The first-order chi connectivity index (χ1) is 5.70. The normalized spacial score (nSPS) is 12.4. The lowest BCUT2D eigenvalue weighted by Crippen LogP contribution is -2.15. The number of pyridine rings is 1. The third-order valence-corrected chi connectivity index (χ3v) is 2.41. The van der Waals surface area contributed by atoms with Gasteiger partial charge in [-0.05, 0) is 24.1 Å². The number of alkyl halides is 1. The smallest absolute Gasteiger partial charge is 0.316 e. The van der Waals surface area contributed by atoms with Gasteiger partial charge in [0, 0.05) is 12.4 Å². The Hall–Kier alpha value is -0.650. The largest absolute Gasteiger partial charge is 0.480 e. The summed E-state index contributed by atoms with van der Waals surface area (Å²) >= 11 is 1.92. The number of hydrogen-bond acceptors (Lipinski definition) is 2. The van der Waals surface area contributed by atoms with E-state index in [0.29, 0.717) is 6.42 Å². The van der Waals surface area contributed by atoms with E-state index in [1.807, 2.05) is 34.7 Å². The van der Waals surface area contributed by atoms with E-state index < -0.39 is 5.97 Å². The molecular weight excluding hydrogens is 269 g/mol. The molecule has 0 bridgehead atoms. The molecule has 1 N–H and O–H groups in total. The quantitative estimate of drug-likeness (QED) is 0.673. The molecule has 0 saturated carbocycles. The van der Waals surface area contributed by atoms with E-state index in [1.165, 1.54) is 0 Å². The molecule has 1 aromatic rings. The van der Waals surface area contributed by atoms with E-state index in [4.69, 9.17) is 5.11 Å². The standard InChI is InChI=1S/C8H8INO2/c9-7(8(11)12)5-6-1-3-10-4-2-6/h1-4,7H,5H2,(H,11,12). The molecule has 1 aromatic heterocycles. The van der Waals surface area contributed by atoms with Gasteiger partial charge in [-0.2, -0.15) is 0 Å². The van der Waals surface area contributed by atoms with Gasteiger partial charge in [0.05, 0.1) is 0 Å². The maximum atomic E-state index is 10.5. The van der Waals surface area contributed by atoms with Crippen LogP contribution in [0.4, 0.5) is 0 Å². The first kappa shape index (κ1) is 9.44. The van der Waals surface area contributed by atoms with Crippen molar-refractivity contribution in [2.24, 2.45) is 0 Å². The summed E-state index contributed by atoms with van der Waals surface area (Å²) in [5, 5.41) is 8.62. The van der Waals surface area contributed by atoms with Crippen LogP contribution in [-0.4, -0.2) is 20.0 Å². The van der Waals surface area contributed by atoms with Crippen LogP contribution in [0.1, 0.15) is 5.56 Å². The zero-order valence-electron chi connectivity index (χ0n) is 6.27. The van der Waals surface area contributed by atoms with Crippen molar-refractivity contribution < 1.29 is 9.90 Å². The lowest BCUT2D eigenvalue weighted by atomic mass is 10.1. The van der Waals surface area contributed by atoms with Gasteiger partial charge in [0.25, 0.3) is 0 Å². The highest BCUT2D eigenvalue weighted by Gasteiger charge is 2.12. The first-order valence-corrected chi connectivity index (χ1v) is 4.70. The second kappa shape index (κ2) is 4.39. The molecule has 0 aromatic carbocycles. The number of aromatic nitrogens is 1. The number of carboxylic acid groups (broad SMARTS) is 1. The molecular formula is C8H8INO2. The van der Waals surface area contributed by atoms with Crippen molar-refractivity contribution in [3.8, 4) is 0 Å². The fourth-order valence-electron chi connectivity index (χ4n) is 0.813. The predicted octanol–water partition coefficient (Wildman–Crippen LogP) is 1.51. The molecule has 0 aliphatic heterocycles. The van der Waals surface area contributed by atoms with Crippen molar-refractivity contribution in [1.29, 1.82) is 0 Å². The van der Waals surface area contributed by atoms with Gasteiger partial charge in [0.2, 0.25) is 0 Å². The maximum absolute atomic E-state index is 10.5. The van der Waals surface area contributed by atoms with Gasteiger partial charge in [-0.1, -0.05) is 22.6 Å². The van der Waals surface area contributed by atoms with Crippen molar-refractivity contribution in [2.45, 2.75) is 10.3 Å². The Balaban J connectivity index is 2.58. The van der Waals surface area contributed by atoms with Crippen molar-refractivity contribution >= 4 is 28.6 Å². The maximum Gasteiger partial charge on any atom is 0.316 e. The number of hydrogen-bond donors (Lipinski definition) is 1. The van der Waals surface area contributed by atoms with Crippen LogP contribution in [0.3, 0.4) is 0 Å². The number of rotatable bonds is 3. The fourth-order valence-corrected chi connectivity index (χ4v) is 1.32. The minimum atomic E-state index is -0.771. The van der Waals surface area contributed by atoms with Gasteiger partial charge in [0.1, 0.15) is 3.92 Å². The Morgan fingerprint density at radius 1 is 1.58 bits per heavy atom. The Labute approximate surface area is 84.0 Å². The van der Waals surface area contributed by atoms with Crippen LogP contribution in [0.15, 0.2) is 24.5 Å². The summed E-state index contributed by atoms with van der Waals surface area (Å²) in [6.07, 6.45) is 3.89. The lowest BCUT2D eigenvalue weighted by Gasteiger charge is -2.02.